The molecule has 1 saturated carbocycles. The van der Waals surface area contributed by atoms with E-state index >= 15 is 0 Å². The van der Waals surface area contributed by atoms with Crippen LogP contribution in [0, 0.1) is 0 Å². The highest BCUT2D eigenvalue weighted by atomic mass is 32.2. The van der Waals surface area contributed by atoms with E-state index in [1.807, 2.05) is 12.1 Å². The predicted octanol–water partition coefficient (Wildman–Crippen LogP) is 5.52. The van der Waals surface area contributed by atoms with Crippen LogP contribution in [0.5, 0.6) is 17.2 Å². The number of anilines is 1. The minimum atomic E-state index is -4.02. The first-order chi connectivity index (χ1) is 17.3. The number of rotatable bonds is 6. The van der Waals surface area contributed by atoms with E-state index < -0.39 is 21.2 Å². The maximum absolute atomic E-state index is 13.2. The molecule has 0 amide bonds. The molecule has 9 heteroatoms. The highest BCUT2D eigenvalue weighted by Crippen LogP contribution is 2.42. The van der Waals surface area contributed by atoms with Gasteiger partial charge >= 0.3 is 0 Å². The van der Waals surface area contributed by atoms with Crippen LogP contribution in [0.15, 0.2) is 62.6 Å². The van der Waals surface area contributed by atoms with Gasteiger partial charge < -0.3 is 19.0 Å². The van der Waals surface area contributed by atoms with Crippen molar-refractivity contribution < 1.29 is 27.4 Å². The monoisotopic (exact) mass is 509 g/mol. The highest BCUT2D eigenvalue weighted by Gasteiger charge is 2.25. The van der Waals surface area contributed by atoms with E-state index in [1.165, 1.54) is 39.5 Å². The zero-order valence-electron chi connectivity index (χ0n) is 20.0. The number of phenols is 1. The van der Waals surface area contributed by atoms with E-state index in [0.29, 0.717) is 11.7 Å². The number of methoxy groups -OCH3 is 2. The standard InChI is InChI=1S/C27H27NO7S/c1-33-20-9-6-10-21-23(20)25(29)24-22(35-21)15-19(27(34-2)26(24)30)28-36(31,32)18-13-11-17(12-14-18)16-7-4-3-5-8-16/h6,9-16,28,30H,3-5,7-8H2,1-2H3. The lowest BCUT2D eigenvalue weighted by molar-refractivity contribution is 0.378. The van der Waals surface area contributed by atoms with Crippen molar-refractivity contribution in [2.45, 2.75) is 42.9 Å². The van der Waals surface area contributed by atoms with Gasteiger partial charge in [-0.05, 0) is 48.6 Å². The number of benzene rings is 3. The zero-order valence-corrected chi connectivity index (χ0v) is 20.9. The van der Waals surface area contributed by atoms with Gasteiger partial charge in [0.25, 0.3) is 10.0 Å². The molecule has 0 spiro atoms. The Balaban J connectivity index is 1.56. The van der Waals surface area contributed by atoms with Gasteiger partial charge in [0.2, 0.25) is 5.43 Å². The predicted molar refractivity (Wildman–Crippen MR) is 138 cm³/mol. The lowest BCUT2D eigenvalue weighted by atomic mass is 9.84. The van der Waals surface area contributed by atoms with E-state index in [-0.39, 0.29) is 38.3 Å². The van der Waals surface area contributed by atoms with Crippen molar-refractivity contribution in [2.75, 3.05) is 18.9 Å². The highest BCUT2D eigenvalue weighted by molar-refractivity contribution is 7.92. The van der Waals surface area contributed by atoms with Crippen LogP contribution >= 0.6 is 0 Å². The number of ether oxygens (including phenoxy) is 2. The Morgan fingerprint density at radius 2 is 1.67 bits per heavy atom. The summed E-state index contributed by atoms with van der Waals surface area (Å²) in [6.45, 7) is 0. The van der Waals surface area contributed by atoms with Crippen LogP contribution in [-0.2, 0) is 10.0 Å². The van der Waals surface area contributed by atoms with Crippen LogP contribution in [0.1, 0.15) is 43.6 Å². The van der Waals surface area contributed by atoms with E-state index in [4.69, 9.17) is 13.9 Å². The van der Waals surface area contributed by atoms with Gasteiger partial charge in [0.1, 0.15) is 27.7 Å². The first-order valence-electron chi connectivity index (χ1n) is 11.8. The van der Waals surface area contributed by atoms with Crippen LogP contribution in [0.2, 0.25) is 0 Å². The third-order valence-corrected chi connectivity index (χ3v) is 8.20. The summed E-state index contributed by atoms with van der Waals surface area (Å²) < 4.78 is 45.3. The van der Waals surface area contributed by atoms with Crippen molar-refractivity contribution >= 4 is 37.6 Å². The Morgan fingerprint density at radius 3 is 2.33 bits per heavy atom. The molecular weight excluding hydrogens is 482 g/mol. The third-order valence-electron chi connectivity index (χ3n) is 6.82. The molecule has 0 bridgehead atoms. The van der Waals surface area contributed by atoms with E-state index in [1.54, 1.807) is 30.3 Å². The average molecular weight is 510 g/mol. The molecule has 1 aliphatic carbocycles. The molecule has 8 nitrogen and oxygen atoms in total. The number of hydrogen-bond donors (Lipinski definition) is 2. The number of sulfonamides is 1. The van der Waals surface area contributed by atoms with Crippen molar-refractivity contribution in [3.8, 4) is 17.2 Å². The summed E-state index contributed by atoms with van der Waals surface area (Å²) in [5.74, 6) is 0.0358. The molecule has 188 valence electrons. The largest absolute Gasteiger partial charge is 0.504 e. The molecule has 1 fully saturated rings. The van der Waals surface area contributed by atoms with Gasteiger partial charge in [-0.2, -0.15) is 0 Å². The minimum absolute atomic E-state index is 0.00407. The fourth-order valence-electron chi connectivity index (χ4n) is 5.00. The SMILES string of the molecule is COc1c(NS(=O)(=O)c2ccc(C3CCCCC3)cc2)cc2oc3cccc(OC)c3c(=O)c2c1O. The summed E-state index contributed by atoms with van der Waals surface area (Å²) in [5.41, 5.74) is 0.808. The second-order valence-corrected chi connectivity index (χ2v) is 10.6. The second-order valence-electron chi connectivity index (χ2n) is 8.95. The molecule has 36 heavy (non-hydrogen) atoms. The van der Waals surface area contributed by atoms with Crippen molar-refractivity contribution in [3.63, 3.8) is 0 Å². The molecule has 5 rings (SSSR count). The van der Waals surface area contributed by atoms with Gasteiger partial charge in [-0.1, -0.05) is 37.5 Å². The Labute approximate surface area is 208 Å². The first-order valence-corrected chi connectivity index (χ1v) is 13.3. The summed E-state index contributed by atoms with van der Waals surface area (Å²) in [7, 11) is -1.32. The third kappa shape index (κ3) is 4.13. The second kappa shape index (κ2) is 9.39. The molecule has 0 saturated heterocycles. The average Bonchev–Trinajstić information content (AvgIpc) is 2.88. The van der Waals surface area contributed by atoms with Gasteiger partial charge in [-0.3, -0.25) is 9.52 Å². The van der Waals surface area contributed by atoms with E-state index in [9.17, 15) is 18.3 Å². The molecule has 4 aromatic rings. The first kappa shape index (κ1) is 24.0. The fourth-order valence-corrected chi connectivity index (χ4v) is 6.05. The molecule has 0 aliphatic heterocycles. The van der Waals surface area contributed by atoms with Crippen molar-refractivity contribution in [2.24, 2.45) is 0 Å². The topological polar surface area (TPSA) is 115 Å². The van der Waals surface area contributed by atoms with Gasteiger partial charge in [0, 0.05) is 6.07 Å². The van der Waals surface area contributed by atoms with Gasteiger partial charge in [-0.15, -0.1) is 0 Å². The van der Waals surface area contributed by atoms with E-state index in [0.717, 1.165) is 18.4 Å². The van der Waals surface area contributed by atoms with Crippen molar-refractivity contribution in [3.05, 3.63) is 64.3 Å². The Bertz CT molecular complexity index is 1600. The van der Waals surface area contributed by atoms with Crippen LogP contribution < -0.4 is 19.6 Å². The number of aromatic hydroxyl groups is 1. The summed E-state index contributed by atoms with van der Waals surface area (Å²) >= 11 is 0. The fraction of sp³-hybridized carbons (Fsp3) is 0.296. The molecule has 1 aliphatic rings. The van der Waals surface area contributed by atoms with Gasteiger partial charge in [0.15, 0.2) is 11.5 Å². The van der Waals surface area contributed by atoms with Crippen LogP contribution in [-0.4, -0.2) is 27.7 Å². The molecule has 1 heterocycles. The molecule has 0 unspecified atom stereocenters. The number of fused-ring (bicyclic) bond motifs is 2. The van der Waals surface area contributed by atoms with Crippen LogP contribution in [0.25, 0.3) is 21.9 Å². The number of phenolic OH excluding ortho intramolecular Hbond substituents is 1. The maximum atomic E-state index is 13.2. The van der Waals surface area contributed by atoms with Crippen LogP contribution in [0.4, 0.5) is 5.69 Å². The lowest BCUT2D eigenvalue weighted by Gasteiger charge is -2.22. The van der Waals surface area contributed by atoms with Gasteiger partial charge in [0.05, 0.1) is 24.8 Å². The smallest absolute Gasteiger partial charge is 0.262 e. The van der Waals surface area contributed by atoms with Crippen LogP contribution in [0.3, 0.4) is 0 Å². The molecule has 2 N–H and O–H groups in total. The molecule has 3 aromatic carbocycles. The molecule has 1 aromatic heterocycles. The van der Waals surface area contributed by atoms with Crippen molar-refractivity contribution in [1.29, 1.82) is 0 Å². The summed E-state index contributed by atoms with van der Waals surface area (Å²) in [5, 5.41) is 10.9. The van der Waals surface area contributed by atoms with Gasteiger partial charge in [-0.25, -0.2) is 8.42 Å². The molecule has 0 atom stereocenters. The minimum Gasteiger partial charge on any atom is -0.504 e. The summed E-state index contributed by atoms with van der Waals surface area (Å²) in [6.07, 6.45) is 5.86. The quantitative estimate of drug-likeness (QED) is 0.329. The maximum Gasteiger partial charge on any atom is 0.262 e. The summed E-state index contributed by atoms with van der Waals surface area (Å²) in [4.78, 5) is 13.3. The number of hydrogen-bond acceptors (Lipinski definition) is 7. The Kier molecular flexibility index (Phi) is 6.26. The van der Waals surface area contributed by atoms with E-state index in [2.05, 4.69) is 4.72 Å². The zero-order chi connectivity index (χ0) is 25.4. The lowest BCUT2D eigenvalue weighted by Crippen LogP contribution is -2.14. The Morgan fingerprint density at radius 1 is 0.944 bits per heavy atom. The normalized spacial score (nSPS) is 14.7. The summed E-state index contributed by atoms with van der Waals surface area (Å²) in [6, 6.07) is 13.1. The molecule has 0 radical (unpaired) electrons. The number of nitrogens with one attached hydrogen (secondary N) is 1. The Hall–Kier alpha value is -3.72. The van der Waals surface area contributed by atoms with Crippen molar-refractivity contribution in [1.82, 2.24) is 0 Å². The molecular formula is C27H27NO7S.